The van der Waals surface area contributed by atoms with Gasteiger partial charge in [0, 0.05) is 38.4 Å². The van der Waals surface area contributed by atoms with Gasteiger partial charge in [-0.2, -0.15) is 5.57 Å². The summed E-state index contributed by atoms with van der Waals surface area (Å²) < 4.78 is 0. The first-order chi connectivity index (χ1) is 10.5. The van der Waals surface area contributed by atoms with Crippen molar-refractivity contribution < 1.29 is 37.5 Å². The fourth-order valence-corrected chi connectivity index (χ4v) is 3.47. The molecule has 0 amide bonds. The second-order valence-electron chi connectivity index (χ2n) is 6.66. The largest absolute Gasteiger partial charge is 0.435 e. The third kappa shape index (κ3) is 2.92. The van der Waals surface area contributed by atoms with Crippen molar-refractivity contribution in [2.45, 2.75) is 39.5 Å². The van der Waals surface area contributed by atoms with Crippen LogP contribution in [0.2, 0.25) is 0 Å². The first-order valence-electron chi connectivity index (χ1n) is 7.92. The van der Waals surface area contributed by atoms with Crippen LogP contribution in [0, 0.1) is 5.92 Å². The van der Waals surface area contributed by atoms with Crippen LogP contribution in [0.1, 0.15) is 39.7 Å². The number of hydrogen-bond acceptors (Lipinski definition) is 2. The molecule has 0 aliphatic carbocycles. The fourth-order valence-electron chi connectivity index (χ4n) is 3.47. The van der Waals surface area contributed by atoms with Crippen molar-refractivity contribution in [3.8, 4) is 0 Å². The number of fused-ring (bicyclic) bond motifs is 3. The summed E-state index contributed by atoms with van der Waals surface area (Å²) in [4.78, 5) is 11.6. The van der Waals surface area contributed by atoms with E-state index in [1.165, 1.54) is 16.3 Å². The summed E-state index contributed by atoms with van der Waals surface area (Å²) in [5.41, 5.74) is 3.94. The minimum Gasteiger partial charge on any atom is -0.435 e. The molecule has 1 aliphatic rings. The van der Waals surface area contributed by atoms with E-state index < -0.39 is 0 Å². The van der Waals surface area contributed by atoms with Gasteiger partial charge < -0.3 is 10.1 Å². The van der Waals surface area contributed by atoms with Gasteiger partial charge in [-0.1, -0.05) is 64.4 Å². The number of nitrogens with one attached hydrogen (secondary N) is 1. The molecule has 1 aliphatic heterocycles. The second-order valence-corrected chi connectivity index (χ2v) is 6.66. The molecule has 2 aromatic rings. The van der Waals surface area contributed by atoms with Crippen molar-refractivity contribution in [2.24, 2.45) is 5.92 Å². The van der Waals surface area contributed by atoms with Gasteiger partial charge in [-0.3, -0.25) is 0 Å². The van der Waals surface area contributed by atoms with Crippen LogP contribution in [0.15, 0.2) is 47.7 Å². The molecule has 2 aromatic carbocycles. The second kappa shape index (κ2) is 6.87. The van der Waals surface area contributed by atoms with E-state index in [1.54, 1.807) is 0 Å². The maximum absolute atomic E-state index is 11.6. The van der Waals surface area contributed by atoms with E-state index in [0.29, 0.717) is 0 Å². The zero-order valence-corrected chi connectivity index (χ0v) is 17.1. The summed E-state index contributed by atoms with van der Waals surface area (Å²) in [5.74, 6) is 0.208. The van der Waals surface area contributed by atoms with Gasteiger partial charge in [-0.05, 0) is 40.0 Å². The van der Waals surface area contributed by atoms with Crippen LogP contribution < -0.4 is 5.32 Å². The van der Waals surface area contributed by atoms with E-state index in [0.717, 1.165) is 23.4 Å². The molecule has 117 valence electrons. The SMILES string of the molecule is CCC(C)/C([C-]=O)=C1\Nc2ccc3ccccc3c2C1(C)C.[Y]. The van der Waals surface area contributed by atoms with Crippen molar-refractivity contribution in [3.05, 3.63) is 53.2 Å². The predicted octanol–water partition coefficient (Wildman–Crippen LogP) is 4.95. The number of carbonyl (C=O) groups excluding carboxylic acids is 1. The number of hydrogen-bond donors (Lipinski definition) is 1. The molecule has 0 saturated carbocycles. The Labute approximate surface area is 163 Å². The predicted molar refractivity (Wildman–Crippen MR) is 92.8 cm³/mol. The molecule has 1 radical (unpaired) electrons. The Hall–Kier alpha value is -0.986. The topological polar surface area (TPSA) is 29.1 Å². The molecule has 0 fully saturated rings. The molecule has 2 nitrogen and oxygen atoms in total. The van der Waals surface area contributed by atoms with Crippen LogP contribution in [0.4, 0.5) is 5.69 Å². The molecule has 1 heterocycles. The Morgan fingerprint density at radius 1 is 1.22 bits per heavy atom. The molecule has 23 heavy (non-hydrogen) atoms. The van der Waals surface area contributed by atoms with Crippen LogP contribution in [0.3, 0.4) is 0 Å². The van der Waals surface area contributed by atoms with Gasteiger partial charge in [0.05, 0.1) is 0 Å². The van der Waals surface area contributed by atoms with Crippen LogP contribution >= 0.6 is 0 Å². The zero-order valence-electron chi connectivity index (χ0n) is 14.2. The average molecular weight is 381 g/mol. The molecule has 1 atom stereocenters. The molecule has 0 bridgehead atoms. The quantitative estimate of drug-likeness (QED) is 0.602. The van der Waals surface area contributed by atoms with Crippen molar-refractivity contribution in [1.82, 2.24) is 0 Å². The first-order valence-corrected chi connectivity index (χ1v) is 7.92. The average Bonchev–Trinajstić information content (AvgIpc) is 2.79. The fraction of sp³-hybridized carbons (Fsp3) is 0.350. The standard InChI is InChI=1S/C20H22NO.Y/c1-5-13(2)16(12-22)19-20(3,4)18-15-9-7-6-8-14(15)10-11-17(18)21-19;/h6-11,13,21H,5H2,1-4H3;/q-1;/b19-16-;. The third-order valence-corrected chi connectivity index (χ3v) is 4.92. The smallest absolute Gasteiger partial charge is 0.0254 e. The number of allylic oxidation sites excluding steroid dienone is 2. The van der Waals surface area contributed by atoms with Gasteiger partial charge in [0.25, 0.3) is 0 Å². The van der Waals surface area contributed by atoms with Crippen LogP contribution in [-0.2, 0) is 42.9 Å². The Bertz CT molecular complexity index is 776. The van der Waals surface area contributed by atoms with Gasteiger partial charge in [-0.15, -0.1) is 5.70 Å². The Morgan fingerprint density at radius 3 is 2.57 bits per heavy atom. The molecule has 0 aromatic heterocycles. The molecular formula is C20H22NOY-. The van der Waals surface area contributed by atoms with E-state index >= 15 is 0 Å². The minimum atomic E-state index is -0.216. The van der Waals surface area contributed by atoms with E-state index in [-0.39, 0.29) is 44.0 Å². The maximum atomic E-state index is 11.6. The summed E-state index contributed by atoms with van der Waals surface area (Å²) in [6.07, 6.45) is 3.13. The molecular weight excluding hydrogens is 359 g/mol. The van der Waals surface area contributed by atoms with E-state index in [2.05, 4.69) is 75.7 Å². The third-order valence-electron chi connectivity index (χ3n) is 4.92. The molecule has 3 rings (SSSR count). The van der Waals surface area contributed by atoms with Gasteiger partial charge >= 0.3 is 0 Å². The first kappa shape index (κ1) is 18.4. The van der Waals surface area contributed by atoms with Crippen molar-refractivity contribution in [1.29, 1.82) is 0 Å². The van der Waals surface area contributed by atoms with E-state index in [9.17, 15) is 4.79 Å². The molecule has 1 N–H and O–H groups in total. The van der Waals surface area contributed by atoms with Crippen LogP contribution in [-0.4, -0.2) is 6.29 Å². The summed E-state index contributed by atoms with van der Waals surface area (Å²) in [6.45, 7) is 8.57. The summed E-state index contributed by atoms with van der Waals surface area (Å²) >= 11 is 0. The summed E-state index contributed by atoms with van der Waals surface area (Å²) in [7, 11) is 0. The molecule has 3 heteroatoms. The Morgan fingerprint density at radius 2 is 1.91 bits per heavy atom. The monoisotopic (exact) mass is 381 g/mol. The summed E-state index contributed by atoms with van der Waals surface area (Å²) in [6, 6.07) is 12.7. The summed E-state index contributed by atoms with van der Waals surface area (Å²) in [5, 5.41) is 5.99. The van der Waals surface area contributed by atoms with Gasteiger partial charge in [0.15, 0.2) is 0 Å². The van der Waals surface area contributed by atoms with Crippen molar-refractivity contribution in [2.75, 3.05) is 5.32 Å². The molecule has 0 spiro atoms. The van der Waals surface area contributed by atoms with Gasteiger partial charge in [0.2, 0.25) is 0 Å². The van der Waals surface area contributed by atoms with Crippen LogP contribution in [0.25, 0.3) is 10.8 Å². The Balaban J connectivity index is 0.00000192. The normalized spacial score (nSPS) is 18.6. The van der Waals surface area contributed by atoms with Crippen LogP contribution in [0.5, 0.6) is 0 Å². The van der Waals surface area contributed by atoms with Gasteiger partial charge in [0.1, 0.15) is 0 Å². The number of rotatable bonds is 3. The van der Waals surface area contributed by atoms with Gasteiger partial charge in [-0.25, -0.2) is 0 Å². The maximum Gasteiger partial charge on any atom is 0.0254 e. The molecule has 1 unspecified atom stereocenters. The zero-order chi connectivity index (χ0) is 15.9. The molecule has 0 saturated heterocycles. The van der Waals surface area contributed by atoms with Crippen molar-refractivity contribution >= 4 is 22.7 Å². The van der Waals surface area contributed by atoms with E-state index in [1.807, 2.05) is 0 Å². The van der Waals surface area contributed by atoms with E-state index in [4.69, 9.17) is 0 Å². The minimum absolute atomic E-state index is 0. The number of benzene rings is 2. The number of anilines is 1. The van der Waals surface area contributed by atoms with Crippen molar-refractivity contribution in [3.63, 3.8) is 0 Å². The Kier molecular flexibility index (Phi) is 5.48.